The summed E-state index contributed by atoms with van der Waals surface area (Å²) in [5.41, 5.74) is 0.145. The van der Waals surface area contributed by atoms with Gasteiger partial charge in [-0.2, -0.15) is 4.39 Å². The Kier molecular flexibility index (Phi) is 5.31. The minimum Gasteiger partial charge on any atom is -0.481 e. The van der Waals surface area contributed by atoms with Crippen molar-refractivity contribution in [3.63, 3.8) is 0 Å². The van der Waals surface area contributed by atoms with Gasteiger partial charge < -0.3 is 14.1 Å². The van der Waals surface area contributed by atoms with Gasteiger partial charge in [0.15, 0.2) is 23.9 Å². The van der Waals surface area contributed by atoms with Gasteiger partial charge in [0.2, 0.25) is 11.7 Å². The van der Waals surface area contributed by atoms with E-state index in [1.54, 1.807) is 11.9 Å². The van der Waals surface area contributed by atoms with Crippen molar-refractivity contribution in [2.75, 3.05) is 13.6 Å². The van der Waals surface area contributed by atoms with Crippen LogP contribution >= 0.6 is 0 Å². The van der Waals surface area contributed by atoms with Crippen LogP contribution < -0.4 is 4.74 Å². The number of oxazole rings is 1. The van der Waals surface area contributed by atoms with Crippen LogP contribution in [-0.2, 0) is 6.61 Å². The molecule has 1 heterocycles. The normalized spacial score (nSPS) is 10.9. The molecule has 1 amide bonds. The van der Waals surface area contributed by atoms with Gasteiger partial charge in [-0.3, -0.25) is 4.79 Å². The first-order valence-corrected chi connectivity index (χ1v) is 7.15. The number of hydrogen-bond acceptors (Lipinski definition) is 4. The van der Waals surface area contributed by atoms with Crippen LogP contribution in [0.3, 0.4) is 0 Å². The molecule has 1 aromatic carbocycles. The van der Waals surface area contributed by atoms with E-state index in [2.05, 4.69) is 4.98 Å². The van der Waals surface area contributed by atoms with E-state index in [-0.39, 0.29) is 29.8 Å². The van der Waals surface area contributed by atoms with E-state index in [0.717, 1.165) is 6.07 Å². The fourth-order valence-corrected chi connectivity index (χ4v) is 2.04. The first-order valence-electron chi connectivity index (χ1n) is 7.15. The van der Waals surface area contributed by atoms with E-state index in [0.29, 0.717) is 12.5 Å². The summed E-state index contributed by atoms with van der Waals surface area (Å²) in [7, 11) is 1.68. The van der Waals surface area contributed by atoms with Crippen molar-refractivity contribution < 1.29 is 22.7 Å². The van der Waals surface area contributed by atoms with E-state index >= 15 is 0 Å². The number of carbonyl (C=O) groups excluding carboxylic acids is 1. The minimum atomic E-state index is -1.08. The lowest BCUT2D eigenvalue weighted by molar-refractivity contribution is 0.0773. The average Bonchev–Trinajstić information content (AvgIpc) is 2.96. The molecule has 0 unspecified atom stereocenters. The molecule has 0 bridgehead atoms. The molecular weight excluding hydrogens is 306 g/mol. The van der Waals surface area contributed by atoms with Gasteiger partial charge in [0.05, 0.1) is 0 Å². The molecule has 2 rings (SSSR count). The highest BCUT2D eigenvalue weighted by atomic mass is 19.2. The smallest absolute Gasteiger partial charge is 0.275 e. The van der Waals surface area contributed by atoms with Crippen LogP contribution in [-0.4, -0.2) is 29.4 Å². The number of rotatable bonds is 6. The quantitative estimate of drug-likeness (QED) is 0.818. The Bertz CT molecular complexity index is 686. The first-order chi connectivity index (χ1) is 10.9. The molecule has 7 heteroatoms. The Balaban J connectivity index is 2.00. The molecule has 0 saturated heterocycles. The van der Waals surface area contributed by atoms with Crippen molar-refractivity contribution in [2.45, 2.75) is 20.5 Å². The van der Waals surface area contributed by atoms with Gasteiger partial charge in [0.1, 0.15) is 6.26 Å². The van der Waals surface area contributed by atoms with Crippen LogP contribution in [0.5, 0.6) is 5.75 Å². The van der Waals surface area contributed by atoms with Gasteiger partial charge in [-0.1, -0.05) is 19.9 Å². The second-order valence-corrected chi connectivity index (χ2v) is 5.55. The summed E-state index contributed by atoms with van der Waals surface area (Å²) in [5, 5.41) is 0. The maximum atomic E-state index is 13.5. The van der Waals surface area contributed by atoms with Gasteiger partial charge in [-0.15, -0.1) is 0 Å². The lowest BCUT2D eigenvalue weighted by atomic mass is 10.2. The number of benzene rings is 1. The third-order valence-corrected chi connectivity index (χ3v) is 3.02. The second-order valence-electron chi connectivity index (χ2n) is 5.55. The Morgan fingerprint density at radius 2 is 2.13 bits per heavy atom. The minimum absolute atomic E-state index is 0.106. The molecule has 5 nitrogen and oxygen atoms in total. The number of nitrogens with zero attached hydrogens (tertiary/aromatic N) is 2. The predicted molar refractivity (Wildman–Crippen MR) is 79.0 cm³/mol. The fourth-order valence-electron chi connectivity index (χ4n) is 2.04. The van der Waals surface area contributed by atoms with Crippen LogP contribution in [0.1, 0.15) is 30.2 Å². The molecule has 124 valence electrons. The third kappa shape index (κ3) is 4.28. The zero-order valence-corrected chi connectivity index (χ0v) is 13.2. The largest absolute Gasteiger partial charge is 0.481 e. The summed E-state index contributed by atoms with van der Waals surface area (Å²) in [6, 6.07) is 3.62. The summed E-state index contributed by atoms with van der Waals surface area (Å²) < 4.78 is 36.8. The molecule has 0 fully saturated rings. The van der Waals surface area contributed by atoms with E-state index in [1.807, 2.05) is 13.8 Å². The standard InChI is InChI=1S/C16H18F2N2O3/c1-10(2)7-20(3)16(21)12-8-23-14(19-12)9-22-13-6-4-5-11(17)15(13)18/h4-6,8,10H,7,9H2,1-3H3. The molecule has 0 atom stereocenters. The molecule has 0 saturated carbocycles. The Morgan fingerprint density at radius 1 is 1.39 bits per heavy atom. The molecule has 1 aromatic heterocycles. The van der Waals surface area contributed by atoms with E-state index in [1.165, 1.54) is 18.4 Å². The maximum Gasteiger partial charge on any atom is 0.275 e. The number of carbonyl (C=O) groups is 1. The summed E-state index contributed by atoms with van der Waals surface area (Å²) in [6.07, 6.45) is 1.22. The number of amides is 1. The monoisotopic (exact) mass is 324 g/mol. The van der Waals surface area contributed by atoms with Crippen LogP contribution in [0.2, 0.25) is 0 Å². The third-order valence-electron chi connectivity index (χ3n) is 3.02. The molecule has 0 aliphatic carbocycles. The topological polar surface area (TPSA) is 55.6 Å². The Hall–Kier alpha value is -2.44. The fraction of sp³-hybridized carbons (Fsp3) is 0.375. The van der Waals surface area contributed by atoms with E-state index in [9.17, 15) is 13.6 Å². The van der Waals surface area contributed by atoms with Gasteiger partial charge in [-0.05, 0) is 18.1 Å². The molecule has 0 aliphatic rings. The number of hydrogen-bond donors (Lipinski definition) is 0. The summed E-state index contributed by atoms with van der Waals surface area (Å²) >= 11 is 0. The van der Waals surface area contributed by atoms with Crippen molar-refractivity contribution in [3.8, 4) is 5.75 Å². The van der Waals surface area contributed by atoms with Crippen LogP contribution in [0.25, 0.3) is 0 Å². The molecule has 0 N–H and O–H groups in total. The lowest BCUT2D eigenvalue weighted by Gasteiger charge is -2.17. The number of halogens is 2. The predicted octanol–water partition coefficient (Wildman–Crippen LogP) is 3.26. The second kappa shape index (κ2) is 7.21. The summed E-state index contributed by atoms with van der Waals surface area (Å²) in [5.74, 6) is -2.16. The van der Waals surface area contributed by atoms with Gasteiger partial charge >= 0.3 is 0 Å². The Morgan fingerprint density at radius 3 is 2.83 bits per heavy atom. The molecular formula is C16H18F2N2O3. The van der Waals surface area contributed by atoms with Crippen molar-refractivity contribution in [3.05, 3.63) is 47.7 Å². The Labute approximate surface area is 132 Å². The van der Waals surface area contributed by atoms with E-state index in [4.69, 9.17) is 9.15 Å². The van der Waals surface area contributed by atoms with Crippen molar-refractivity contribution in [1.29, 1.82) is 0 Å². The van der Waals surface area contributed by atoms with Gasteiger partial charge in [0, 0.05) is 13.6 Å². The zero-order chi connectivity index (χ0) is 17.0. The molecule has 0 radical (unpaired) electrons. The maximum absolute atomic E-state index is 13.5. The number of ether oxygens (including phenoxy) is 1. The molecule has 2 aromatic rings. The SMILES string of the molecule is CC(C)CN(C)C(=O)c1coc(COc2cccc(F)c2F)n1. The molecule has 23 heavy (non-hydrogen) atoms. The highest BCUT2D eigenvalue weighted by molar-refractivity contribution is 5.91. The summed E-state index contributed by atoms with van der Waals surface area (Å²) in [6.45, 7) is 4.38. The van der Waals surface area contributed by atoms with Crippen molar-refractivity contribution in [1.82, 2.24) is 9.88 Å². The zero-order valence-electron chi connectivity index (χ0n) is 13.2. The van der Waals surface area contributed by atoms with Crippen LogP contribution in [0, 0.1) is 17.6 Å². The average molecular weight is 324 g/mol. The molecule has 0 spiro atoms. The number of aromatic nitrogens is 1. The van der Waals surface area contributed by atoms with Crippen molar-refractivity contribution >= 4 is 5.91 Å². The summed E-state index contributed by atoms with van der Waals surface area (Å²) in [4.78, 5) is 17.7. The van der Waals surface area contributed by atoms with Gasteiger partial charge in [0.25, 0.3) is 5.91 Å². The van der Waals surface area contributed by atoms with Crippen molar-refractivity contribution in [2.24, 2.45) is 5.92 Å². The van der Waals surface area contributed by atoms with Gasteiger partial charge in [-0.25, -0.2) is 9.37 Å². The van der Waals surface area contributed by atoms with E-state index < -0.39 is 11.6 Å². The highest BCUT2D eigenvalue weighted by Gasteiger charge is 2.18. The van der Waals surface area contributed by atoms with Crippen LogP contribution in [0.15, 0.2) is 28.9 Å². The lowest BCUT2D eigenvalue weighted by Crippen LogP contribution is -2.30. The first kappa shape index (κ1) is 16.9. The van der Waals surface area contributed by atoms with Crippen LogP contribution in [0.4, 0.5) is 8.78 Å². The highest BCUT2D eigenvalue weighted by Crippen LogP contribution is 2.20. The molecule has 0 aliphatic heterocycles.